The molecule has 0 aromatic heterocycles. The van der Waals surface area contributed by atoms with Crippen molar-refractivity contribution in [3.8, 4) is 5.75 Å². The minimum Gasteiger partial charge on any atom is -0.497 e. The van der Waals surface area contributed by atoms with Crippen LogP contribution in [0.15, 0.2) is 29.2 Å². The number of ether oxygens (including phenoxy) is 1. The molecule has 1 spiro atoms. The van der Waals surface area contributed by atoms with Crippen LogP contribution in [0, 0.1) is 0 Å². The number of rotatable bonds is 3. The van der Waals surface area contributed by atoms with Gasteiger partial charge in [-0.25, -0.2) is 8.42 Å². The smallest absolute Gasteiger partial charge is 0.243 e. The lowest BCUT2D eigenvalue weighted by Gasteiger charge is -2.50. The summed E-state index contributed by atoms with van der Waals surface area (Å²) in [4.78, 5) is 14.1. The van der Waals surface area contributed by atoms with E-state index < -0.39 is 10.0 Å². The number of methoxy groups -OCH3 is 1. The molecule has 0 bridgehead atoms. The van der Waals surface area contributed by atoms with E-state index in [2.05, 4.69) is 0 Å². The topological polar surface area (TPSA) is 66.9 Å². The Morgan fingerprint density at radius 2 is 1.96 bits per heavy atom. The number of hydrogen-bond acceptors (Lipinski definition) is 4. The first-order valence-electron chi connectivity index (χ1n) is 8.30. The zero-order valence-electron chi connectivity index (χ0n) is 14.2. The molecule has 2 saturated heterocycles. The first-order chi connectivity index (χ1) is 11.4. The number of sulfonamides is 1. The van der Waals surface area contributed by atoms with E-state index in [1.165, 1.54) is 11.4 Å². The summed E-state index contributed by atoms with van der Waals surface area (Å²) in [6, 6.07) is 6.55. The first-order valence-corrected chi connectivity index (χ1v) is 9.74. The van der Waals surface area contributed by atoms with E-state index in [0.717, 1.165) is 25.7 Å². The number of piperidine rings is 2. The molecule has 1 unspecified atom stereocenters. The molecule has 0 saturated carbocycles. The van der Waals surface area contributed by atoms with E-state index >= 15 is 0 Å². The number of amides is 1. The number of hydrogen-bond donors (Lipinski definition) is 0. The summed E-state index contributed by atoms with van der Waals surface area (Å²) in [6.45, 7) is 0.859. The molecule has 0 radical (unpaired) electrons. The van der Waals surface area contributed by atoms with Gasteiger partial charge < -0.3 is 9.64 Å². The Balaban J connectivity index is 1.89. The zero-order chi connectivity index (χ0) is 17.4. The second-order valence-corrected chi connectivity index (χ2v) is 8.59. The van der Waals surface area contributed by atoms with Crippen molar-refractivity contribution >= 4 is 15.9 Å². The minimum absolute atomic E-state index is 0.113. The maximum absolute atomic E-state index is 13.0. The number of carbonyl (C=O) groups is 1. The molecular formula is C17H24N2O4S. The summed E-state index contributed by atoms with van der Waals surface area (Å²) < 4.78 is 32.7. The van der Waals surface area contributed by atoms with Gasteiger partial charge in [-0.05, 0) is 37.8 Å². The molecule has 7 heteroatoms. The van der Waals surface area contributed by atoms with Gasteiger partial charge >= 0.3 is 0 Å². The van der Waals surface area contributed by atoms with Crippen LogP contribution in [-0.4, -0.2) is 56.3 Å². The molecule has 24 heavy (non-hydrogen) atoms. The molecular weight excluding hydrogens is 328 g/mol. The van der Waals surface area contributed by atoms with E-state index in [4.69, 9.17) is 4.74 Å². The fourth-order valence-electron chi connectivity index (χ4n) is 3.83. The molecule has 2 aliphatic heterocycles. The third kappa shape index (κ3) is 2.91. The largest absolute Gasteiger partial charge is 0.497 e. The molecule has 2 aliphatic rings. The molecule has 3 rings (SSSR count). The SMILES string of the molecule is COc1cccc(S(=O)(=O)N2CCCC3(CCCC(=O)N3C)C2)c1. The normalized spacial score (nSPS) is 25.9. The lowest BCUT2D eigenvalue weighted by Crippen LogP contribution is -2.61. The summed E-state index contributed by atoms with van der Waals surface area (Å²) in [7, 11) is -0.269. The van der Waals surface area contributed by atoms with Crippen LogP contribution in [0.3, 0.4) is 0 Å². The van der Waals surface area contributed by atoms with E-state index in [0.29, 0.717) is 25.3 Å². The van der Waals surface area contributed by atoms with Crippen molar-refractivity contribution in [1.82, 2.24) is 9.21 Å². The van der Waals surface area contributed by atoms with Crippen LogP contribution in [0.25, 0.3) is 0 Å². The van der Waals surface area contributed by atoms with Crippen molar-refractivity contribution in [3.63, 3.8) is 0 Å². The Bertz CT molecular complexity index is 730. The molecule has 2 heterocycles. The average Bonchev–Trinajstić information content (AvgIpc) is 2.60. The highest BCUT2D eigenvalue weighted by molar-refractivity contribution is 7.89. The highest BCUT2D eigenvalue weighted by Crippen LogP contribution is 2.37. The Kier molecular flexibility index (Phi) is 4.57. The molecule has 6 nitrogen and oxygen atoms in total. The van der Waals surface area contributed by atoms with Crippen molar-refractivity contribution in [2.45, 2.75) is 42.5 Å². The number of nitrogens with zero attached hydrogens (tertiary/aromatic N) is 2. The van der Waals surface area contributed by atoms with Crippen molar-refractivity contribution in [2.75, 3.05) is 27.2 Å². The second kappa shape index (κ2) is 6.37. The van der Waals surface area contributed by atoms with Gasteiger partial charge in [-0.1, -0.05) is 6.07 Å². The monoisotopic (exact) mass is 352 g/mol. The number of likely N-dealkylation sites (tertiary alicyclic amines) is 1. The Hall–Kier alpha value is -1.60. The lowest BCUT2D eigenvalue weighted by molar-refractivity contribution is -0.141. The maximum Gasteiger partial charge on any atom is 0.243 e. The molecule has 0 N–H and O–H groups in total. The highest BCUT2D eigenvalue weighted by Gasteiger charge is 2.45. The number of likely N-dealkylation sites (N-methyl/N-ethyl adjacent to an activating group) is 1. The molecule has 132 valence electrons. The van der Waals surface area contributed by atoms with Crippen LogP contribution in [0.4, 0.5) is 0 Å². The van der Waals surface area contributed by atoms with Gasteiger partial charge in [0.1, 0.15) is 5.75 Å². The lowest BCUT2D eigenvalue weighted by atomic mass is 9.81. The predicted molar refractivity (Wildman–Crippen MR) is 90.3 cm³/mol. The molecule has 1 aromatic carbocycles. The van der Waals surface area contributed by atoms with E-state index in [9.17, 15) is 13.2 Å². The van der Waals surface area contributed by atoms with Gasteiger partial charge in [-0.2, -0.15) is 4.31 Å². The Morgan fingerprint density at radius 1 is 1.21 bits per heavy atom. The third-order valence-electron chi connectivity index (χ3n) is 5.32. The van der Waals surface area contributed by atoms with Crippen LogP contribution >= 0.6 is 0 Å². The van der Waals surface area contributed by atoms with E-state index in [1.54, 1.807) is 29.2 Å². The van der Waals surface area contributed by atoms with Crippen molar-refractivity contribution in [3.05, 3.63) is 24.3 Å². The Morgan fingerprint density at radius 3 is 2.71 bits per heavy atom. The zero-order valence-corrected chi connectivity index (χ0v) is 15.0. The van der Waals surface area contributed by atoms with Gasteiger partial charge in [0.25, 0.3) is 0 Å². The van der Waals surface area contributed by atoms with Gasteiger partial charge in [0.05, 0.1) is 17.5 Å². The van der Waals surface area contributed by atoms with Gasteiger partial charge in [-0.15, -0.1) is 0 Å². The molecule has 1 atom stereocenters. The highest BCUT2D eigenvalue weighted by atomic mass is 32.2. The fraction of sp³-hybridized carbons (Fsp3) is 0.588. The van der Waals surface area contributed by atoms with Crippen LogP contribution in [-0.2, 0) is 14.8 Å². The minimum atomic E-state index is -3.60. The quantitative estimate of drug-likeness (QED) is 0.833. The number of benzene rings is 1. The van der Waals surface area contributed by atoms with Gasteiger partial charge in [0.2, 0.25) is 15.9 Å². The molecule has 1 aromatic rings. The summed E-state index contributed by atoms with van der Waals surface area (Å²) in [5.74, 6) is 0.634. The fourth-order valence-corrected chi connectivity index (χ4v) is 5.43. The van der Waals surface area contributed by atoms with E-state index in [1.807, 2.05) is 7.05 Å². The molecule has 1 amide bonds. The summed E-state index contributed by atoms with van der Waals surface area (Å²) >= 11 is 0. The van der Waals surface area contributed by atoms with Crippen molar-refractivity contribution < 1.29 is 17.9 Å². The average molecular weight is 352 g/mol. The van der Waals surface area contributed by atoms with Crippen LogP contribution in [0.2, 0.25) is 0 Å². The first kappa shape index (κ1) is 17.2. The Labute approximate surface area is 143 Å². The van der Waals surface area contributed by atoms with E-state index in [-0.39, 0.29) is 16.3 Å². The van der Waals surface area contributed by atoms with Crippen LogP contribution in [0.5, 0.6) is 5.75 Å². The van der Waals surface area contributed by atoms with Gasteiger partial charge in [0.15, 0.2) is 0 Å². The predicted octanol–water partition coefficient (Wildman–Crippen LogP) is 1.86. The summed E-state index contributed by atoms with van der Waals surface area (Å²) in [5, 5.41) is 0. The van der Waals surface area contributed by atoms with Gasteiger partial charge in [-0.3, -0.25) is 4.79 Å². The maximum atomic E-state index is 13.0. The summed E-state index contributed by atoms with van der Waals surface area (Å²) in [6.07, 6.45) is 3.87. The van der Waals surface area contributed by atoms with Crippen LogP contribution in [0.1, 0.15) is 32.1 Å². The van der Waals surface area contributed by atoms with Gasteiger partial charge in [0, 0.05) is 32.6 Å². The summed E-state index contributed by atoms with van der Waals surface area (Å²) in [5.41, 5.74) is -0.362. The van der Waals surface area contributed by atoms with Crippen LogP contribution < -0.4 is 4.74 Å². The molecule has 0 aliphatic carbocycles. The second-order valence-electron chi connectivity index (χ2n) is 6.65. The molecule has 2 fully saturated rings. The third-order valence-corrected chi connectivity index (χ3v) is 7.16. The van der Waals surface area contributed by atoms with Crippen molar-refractivity contribution in [2.24, 2.45) is 0 Å². The standard InChI is InChI=1S/C17H24N2O4S/c1-18-16(20)8-4-9-17(18)10-5-11-19(13-17)24(21,22)15-7-3-6-14(12-15)23-2/h3,6-7,12H,4-5,8-11,13H2,1-2H3. The number of carbonyl (C=O) groups excluding carboxylic acids is 1. The van der Waals surface area contributed by atoms with Crippen molar-refractivity contribution in [1.29, 1.82) is 0 Å².